The molecule has 0 fully saturated rings. The molecule has 19 heavy (non-hydrogen) atoms. The van der Waals surface area contributed by atoms with Crippen LogP contribution in [0.1, 0.15) is 39.5 Å². The van der Waals surface area contributed by atoms with Crippen LogP contribution in [0.4, 0.5) is 10.1 Å². The molecule has 0 aliphatic heterocycles. The second-order valence-electron chi connectivity index (χ2n) is 4.45. The Morgan fingerprint density at radius 2 is 1.95 bits per heavy atom. The summed E-state index contributed by atoms with van der Waals surface area (Å²) in [5, 5.41) is 3.11. The van der Waals surface area contributed by atoms with Crippen LogP contribution >= 0.6 is 0 Å². The number of nitrogens with one attached hydrogen (secondary N) is 1. The average Bonchev–Trinajstić information content (AvgIpc) is 2.40. The third-order valence-electron chi connectivity index (χ3n) is 2.85. The van der Waals surface area contributed by atoms with E-state index in [1.54, 1.807) is 19.1 Å². The summed E-state index contributed by atoms with van der Waals surface area (Å²) in [6, 6.07) is 5.63. The zero-order valence-corrected chi connectivity index (χ0v) is 11.6. The number of carbonyl (C=O) groups excluding carboxylic acids is 1. The molecule has 0 aliphatic rings. The minimum atomic E-state index is -0.364. The lowest BCUT2D eigenvalue weighted by atomic mass is 10.1. The minimum Gasteiger partial charge on any atom is -0.464 e. The van der Waals surface area contributed by atoms with E-state index in [1.807, 2.05) is 0 Å². The number of unbranched alkanes of at least 4 members (excludes halogenated alkanes) is 2. The van der Waals surface area contributed by atoms with Crippen LogP contribution in [0.15, 0.2) is 24.3 Å². The maximum atomic E-state index is 12.8. The van der Waals surface area contributed by atoms with Gasteiger partial charge >= 0.3 is 5.97 Å². The highest BCUT2D eigenvalue weighted by Crippen LogP contribution is 2.14. The summed E-state index contributed by atoms with van der Waals surface area (Å²) >= 11 is 0. The number of anilines is 1. The quantitative estimate of drug-likeness (QED) is 0.576. The number of benzene rings is 1. The molecule has 4 heteroatoms. The van der Waals surface area contributed by atoms with Crippen LogP contribution in [0, 0.1) is 5.82 Å². The molecule has 0 spiro atoms. The van der Waals surface area contributed by atoms with E-state index >= 15 is 0 Å². The second kappa shape index (κ2) is 8.51. The van der Waals surface area contributed by atoms with E-state index in [0.717, 1.165) is 31.4 Å². The van der Waals surface area contributed by atoms with Gasteiger partial charge in [-0.3, -0.25) is 0 Å². The van der Waals surface area contributed by atoms with Gasteiger partial charge in [-0.2, -0.15) is 0 Å². The highest BCUT2D eigenvalue weighted by molar-refractivity contribution is 5.79. The molecule has 3 nitrogen and oxygen atoms in total. The minimum absolute atomic E-state index is 0.247. The van der Waals surface area contributed by atoms with Crippen molar-refractivity contribution in [2.75, 3.05) is 11.9 Å². The number of ether oxygens (including phenoxy) is 1. The highest BCUT2D eigenvalue weighted by atomic mass is 19.1. The number of carbonyl (C=O) groups is 1. The van der Waals surface area contributed by atoms with Crippen molar-refractivity contribution in [2.24, 2.45) is 0 Å². The zero-order valence-electron chi connectivity index (χ0n) is 11.6. The van der Waals surface area contributed by atoms with E-state index in [9.17, 15) is 9.18 Å². The van der Waals surface area contributed by atoms with Crippen molar-refractivity contribution in [3.63, 3.8) is 0 Å². The van der Waals surface area contributed by atoms with Crippen molar-refractivity contribution >= 4 is 11.7 Å². The van der Waals surface area contributed by atoms with E-state index in [2.05, 4.69) is 12.2 Å². The van der Waals surface area contributed by atoms with Gasteiger partial charge in [0.2, 0.25) is 0 Å². The summed E-state index contributed by atoms with van der Waals surface area (Å²) in [6.45, 7) is 4.28. The fourth-order valence-electron chi connectivity index (χ4n) is 1.84. The monoisotopic (exact) mass is 267 g/mol. The third-order valence-corrected chi connectivity index (χ3v) is 2.85. The molecular weight excluding hydrogens is 245 g/mol. The smallest absolute Gasteiger partial charge is 0.328 e. The van der Waals surface area contributed by atoms with Crippen LogP contribution in [0.25, 0.3) is 0 Å². The van der Waals surface area contributed by atoms with Crippen LogP contribution < -0.4 is 5.32 Å². The van der Waals surface area contributed by atoms with Gasteiger partial charge in [0.25, 0.3) is 0 Å². The third kappa shape index (κ3) is 5.73. The summed E-state index contributed by atoms with van der Waals surface area (Å²) in [5.41, 5.74) is 0.732. The summed E-state index contributed by atoms with van der Waals surface area (Å²) in [5.74, 6) is -0.535. The Labute approximate surface area is 114 Å². The van der Waals surface area contributed by atoms with Gasteiger partial charge < -0.3 is 10.1 Å². The Hall–Kier alpha value is -1.58. The van der Waals surface area contributed by atoms with E-state index in [4.69, 9.17) is 4.74 Å². The Morgan fingerprint density at radius 1 is 1.26 bits per heavy atom. The molecule has 0 amide bonds. The zero-order chi connectivity index (χ0) is 14.1. The summed E-state index contributed by atoms with van der Waals surface area (Å²) in [7, 11) is 0. The highest BCUT2D eigenvalue weighted by Gasteiger charge is 2.18. The summed E-state index contributed by atoms with van der Waals surface area (Å²) in [6.07, 6.45) is 3.88. The Kier molecular flexibility index (Phi) is 6.93. The molecule has 1 aromatic rings. The maximum Gasteiger partial charge on any atom is 0.328 e. The predicted octanol–water partition coefficient (Wildman–Crippen LogP) is 3.75. The van der Waals surface area contributed by atoms with Gasteiger partial charge in [-0.05, 0) is 37.6 Å². The largest absolute Gasteiger partial charge is 0.464 e. The van der Waals surface area contributed by atoms with Crippen LogP contribution in [-0.2, 0) is 9.53 Å². The molecule has 1 rings (SSSR count). The number of halogens is 1. The molecule has 1 N–H and O–H groups in total. The lowest BCUT2D eigenvalue weighted by Gasteiger charge is -2.18. The fraction of sp³-hybridized carbons (Fsp3) is 0.533. The normalized spacial score (nSPS) is 11.9. The standard InChI is InChI=1S/C15H22FNO2/c1-3-5-6-7-14(15(18)19-4-2)17-13-10-8-12(16)9-11-13/h8-11,14,17H,3-7H2,1-2H3. The SMILES string of the molecule is CCCCCC(Nc1ccc(F)cc1)C(=O)OCC. The van der Waals surface area contributed by atoms with Crippen molar-refractivity contribution in [1.82, 2.24) is 0 Å². The summed E-state index contributed by atoms with van der Waals surface area (Å²) < 4.78 is 17.9. The summed E-state index contributed by atoms with van der Waals surface area (Å²) in [4.78, 5) is 11.8. The van der Waals surface area contributed by atoms with Gasteiger partial charge in [-0.25, -0.2) is 9.18 Å². The molecule has 1 atom stereocenters. The van der Waals surface area contributed by atoms with Crippen molar-refractivity contribution in [2.45, 2.75) is 45.6 Å². The van der Waals surface area contributed by atoms with Crippen molar-refractivity contribution in [3.8, 4) is 0 Å². The molecule has 0 bridgehead atoms. The van der Waals surface area contributed by atoms with Crippen LogP contribution in [0.2, 0.25) is 0 Å². The van der Waals surface area contributed by atoms with E-state index in [1.165, 1.54) is 12.1 Å². The lowest BCUT2D eigenvalue weighted by molar-refractivity contribution is -0.144. The molecule has 0 aliphatic carbocycles. The first-order valence-corrected chi connectivity index (χ1v) is 6.86. The van der Waals surface area contributed by atoms with Gasteiger partial charge in [0, 0.05) is 5.69 Å². The first-order valence-electron chi connectivity index (χ1n) is 6.86. The number of esters is 1. The molecule has 1 unspecified atom stereocenters. The molecule has 1 aromatic carbocycles. The molecular formula is C15H22FNO2. The van der Waals surface area contributed by atoms with Gasteiger partial charge in [-0.1, -0.05) is 26.2 Å². The first-order chi connectivity index (χ1) is 9.17. The molecule has 0 saturated carbocycles. The van der Waals surface area contributed by atoms with Crippen molar-refractivity contribution in [3.05, 3.63) is 30.1 Å². The average molecular weight is 267 g/mol. The Balaban J connectivity index is 2.61. The van der Waals surface area contributed by atoms with Crippen LogP contribution in [0.5, 0.6) is 0 Å². The number of hydrogen-bond donors (Lipinski definition) is 1. The number of hydrogen-bond acceptors (Lipinski definition) is 3. The molecule has 0 aromatic heterocycles. The van der Waals surface area contributed by atoms with Gasteiger partial charge in [0.1, 0.15) is 11.9 Å². The molecule has 106 valence electrons. The van der Waals surface area contributed by atoms with E-state index < -0.39 is 0 Å². The lowest BCUT2D eigenvalue weighted by Crippen LogP contribution is -2.31. The van der Waals surface area contributed by atoms with Crippen LogP contribution in [-0.4, -0.2) is 18.6 Å². The molecule has 0 saturated heterocycles. The van der Waals surface area contributed by atoms with Crippen LogP contribution in [0.3, 0.4) is 0 Å². The Morgan fingerprint density at radius 3 is 2.53 bits per heavy atom. The van der Waals surface area contributed by atoms with Crippen molar-refractivity contribution < 1.29 is 13.9 Å². The second-order valence-corrected chi connectivity index (χ2v) is 4.45. The number of rotatable bonds is 8. The van der Waals surface area contributed by atoms with Gasteiger partial charge in [0.15, 0.2) is 0 Å². The fourth-order valence-corrected chi connectivity index (χ4v) is 1.84. The predicted molar refractivity (Wildman–Crippen MR) is 74.6 cm³/mol. The van der Waals surface area contributed by atoms with Crippen molar-refractivity contribution in [1.29, 1.82) is 0 Å². The van der Waals surface area contributed by atoms with E-state index in [0.29, 0.717) is 6.61 Å². The first kappa shape index (κ1) is 15.5. The molecule has 0 heterocycles. The molecule has 0 radical (unpaired) electrons. The van der Waals surface area contributed by atoms with E-state index in [-0.39, 0.29) is 17.8 Å². The van der Waals surface area contributed by atoms with Gasteiger partial charge in [0.05, 0.1) is 6.61 Å². The topological polar surface area (TPSA) is 38.3 Å². The maximum absolute atomic E-state index is 12.8. The van der Waals surface area contributed by atoms with Gasteiger partial charge in [-0.15, -0.1) is 0 Å². The Bertz CT molecular complexity index is 378.